The minimum Gasteiger partial charge on any atom is -0.337 e. The summed E-state index contributed by atoms with van der Waals surface area (Å²) in [6.07, 6.45) is 2.99. The Bertz CT molecular complexity index is 1110. The zero-order valence-electron chi connectivity index (χ0n) is 16.2. The lowest BCUT2D eigenvalue weighted by Gasteiger charge is -2.33. The van der Waals surface area contributed by atoms with Crippen LogP contribution in [0.5, 0.6) is 0 Å². The number of ketones is 1. The molecule has 0 saturated carbocycles. The van der Waals surface area contributed by atoms with Gasteiger partial charge in [0.15, 0.2) is 5.78 Å². The molecule has 6 nitrogen and oxygen atoms in total. The molecule has 3 rings (SSSR count). The summed E-state index contributed by atoms with van der Waals surface area (Å²) in [6, 6.07) is 11.0. The number of hydrogen-bond donors (Lipinski definition) is 0. The highest BCUT2D eigenvalue weighted by Crippen LogP contribution is 2.22. The molecule has 0 N–H and O–H groups in total. The maximum atomic E-state index is 12.9. The molecule has 2 aromatic carbocycles. The molecule has 1 aliphatic rings. The fraction of sp³-hybridized carbons (Fsp3) is 0.238. The summed E-state index contributed by atoms with van der Waals surface area (Å²) in [4.78, 5) is 25.7. The maximum Gasteiger partial charge on any atom is 0.246 e. The average Bonchev–Trinajstić information content (AvgIpc) is 2.74. The molecule has 0 aromatic heterocycles. The van der Waals surface area contributed by atoms with Gasteiger partial charge in [0, 0.05) is 47.9 Å². The smallest absolute Gasteiger partial charge is 0.246 e. The summed E-state index contributed by atoms with van der Waals surface area (Å²) in [7, 11) is -3.74. The van der Waals surface area contributed by atoms with Crippen molar-refractivity contribution in [1.29, 1.82) is 0 Å². The quantitative estimate of drug-likeness (QED) is 0.496. The molecule has 0 spiro atoms. The first-order chi connectivity index (χ1) is 14.2. The summed E-state index contributed by atoms with van der Waals surface area (Å²) in [5.41, 5.74) is 0.971. The van der Waals surface area contributed by atoms with Gasteiger partial charge in [-0.05, 0) is 48.9 Å². The van der Waals surface area contributed by atoms with Gasteiger partial charge in [-0.2, -0.15) is 4.31 Å². The fourth-order valence-corrected chi connectivity index (χ4v) is 4.91. The van der Waals surface area contributed by atoms with E-state index >= 15 is 0 Å². The van der Waals surface area contributed by atoms with Gasteiger partial charge in [0.05, 0.1) is 4.90 Å². The highest BCUT2D eigenvalue weighted by molar-refractivity contribution is 7.89. The van der Waals surface area contributed by atoms with Crippen LogP contribution in [0.3, 0.4) is 0 Å². The second kappa shape index (κ2) is 9.31. The molecule has 0 unspecified atom stereocenters. The number of Topliss-reactive ketones (excluding diaryl/α,β-unsaturated/α-hetero) is 1. The van der Waals surface area contributed by atoms with Crippen molar-refractivity contribution in [2.45, 2.75) is 11.8 Å². The van der Waals surface area contributed by atoms with Gasteiger partial charge in [0.2, 0.25) is 15.9 Å². The van der Waals surface area contributed by atoms with E-state index < -0.39 is 10.0 Å². The third-order valence-electron chi connectivity index (χ3n) is 4.79. The summed E-state index contributed by atoms with van der Waals surface area (Å²) in [5, 5.41) is 0.992. The Labute approximate surface area is 185 Å². The van der Waals surface area contributed by atoms with Crippen LogP contribution in [0.4, 0.5) is 0 Å². The maximum absolute atomic E-state index is 12.9. The van der Waals surface area contributed by atoms with Crippen LogP contribution in [0.2, 0.25) is 10.0 Å². The summed E-state index contributed by atoms with van der Waals surface area (Å²) in [5.74, 6) is -0.435. The second-order valence-electron chi connectivity index (χ2n) is 6.81. The lowest BCUT2D eigenvalue weighted by Crippen LogP contribution is -2.50. The van der Waals surface area contributed by atoms with E-state index in [1.165, 1.54) is 29.4 Å². The molecular weight excluding hydrogens is 447 g/mol. The van der Waals surface area contributed by atoms with Gasteiger partial charge in [-0.3, -0.25) is 9.59 Å². The van der Waals surface area contributed by atoms with Gasteiger partial charge in [0.25, 0.3) is 0 Å². The number of piperazine rings is 1. The SMILES string of the molecule is CC(=O)c1cccc(S(=O)(=O)N2CCN(C(=O)/C=C/c3cc(Cl)ccc3Cl)CC2)c1. The van der Waals surface area contributed by atoms with Crippen molar-refractivity contribution in [2.24, 2.45) is 0 Å². The first-order valence-electron chi connectivity index (χ1n) is 9.21. The normalized spacial score (nSPS) is 15.5. The van der Waals surface area contributed by atoms with Crippen molar-refractivity contribution in [3.8, 4) is 0 Å². The number of benzene rings is 2. The standard InChI is InChI=1S/C21H20Cl2N2O4S/c1-15(26)16-3-2-4-19(14-16)30(28,29)25-11-9-24(10-12-25)21(27)8-5-17-13-18(22)6-7-20(17)23/h2-8,13-14H,9-12H2,1H3/b8-5+. The van der Waals surface area contributed by atoms with Crippen LogP contribution in [0.1, 0.15) is 22.8 Å². The van der Waals surface area contributed by atoms with E-state index in [2.05, 4.69) is 0 Å². The number of sulfonamides is 1. The lowest BCUT2D eigenvalue weighted by molar-refractivity contribution is -0.127. The largest absolute Gasteiger partial charge is 0.337 e. The van der Waals surface area contributed by atoms with Gasteiger partial charge >= 0.3 is 0 Å². The van der Waals surface area contributed by atoms with Gasteiger partial charge < -0.3 is 4.90 Å². The van der Waals surface area contributed by atoms with Crippen LogP contribution in [-0.2, 0) is 14.8 Å². The third kappa shape index (κ3) is 5.10. The number of amides is 1. The monoisotopic (exact) mass is 466 g/mol. The van der Waals surface area contributed by atoms with Gasteiger partial charge in [0.1, 0.15) is 0 Å². The Morgan fingerprint density at radius 2 is 1.70 bits per heavy atom. The number of nitrogens with zero attached hydrogens (tertiary/aromatic N) is 2. The summed E-state index contributed by atoms with van der Waals surface area (Å²) in [6.45, 7) is 2.25. The number of halogens is 2. The fourth-order valence-electron chi connectivity index (χ4n) is 3.08. The molecule has 30 heavy (non-hydrogen) atoms. The first kappa shape index (κ1) is 22.5. The van der Waals surface area contributed by atoms with Crippen molar-refractivity contribution in [3.63, 3.8) is 0 Å². The Hall–Kier alpha value is -2.19. The van der Waals surface area contributed by atoms with E-state index in [0.29, 0.717) is 21.2 Å². The van der Waals surface area contributed by atoms with E-state index in [1.54, 1.807) is 41.3 Å². The van der Waals surface area contributed by atoms with Gasteiger partial charge in [-0.25, -0.2) is 8.42 Å². The van der Waals surface area contributed by atoms with Crippen molar-refractivity contribution in [2.75, 3.05) is 26.2 Å². The molecule has 0 radical (unpaired) electrons. The molecule has 1 amide bonds. The summed E-state index contributed by atoms with van der Waals surface area (Å²) >= 11 is 12.0. The molecular formula is C21H20Cl2N2O4S. The van der Waals surface area contributed by atoms with E-state index in [0.717, 1.165) is 0 Å². The molecule has 0 atom stereocenters. The van der Waals surface area contributed by atoms with Gasteiger partial charge in [-0.1, -0.05) is 35.3 Å². The van der Waals surface area contributed by atoms with Crippen LogP contribution < -0.4 is 0 Å². The van der Waals surface area contributed by atoms with E-state index in [9.17, 15) is 18.0 Å². The Morgan fingerprint density at radius 1 is 1.00 bits per heavy atom. The minimum absolute atomic E-state index is 0.0745. The van der Waals surface area contributed by atoms with E-state index in [1.807, 2.05) is 0 Å². The molecule has 1 fully saturated rings. The number of hydrogen-bond acceptors (Lipinski definition) is 4. The van der Waals surface area contributed by atoms with Crippen molar-refractivity contribution in [3.05, 3.63) is 69.7 Å². The molecule has 0 bridgehead atoms. The molecule has 0 aliphatic carbocycles. The van der Waals surface area contributed by atoms with Crippen molar-refractivity contribution >= 4 is 51.0 Å². The third-order valence-corrected chi connectivity index (χ3v) is 7.27. The Morgan fingerprint density at radius 3 is 2.37 bits per heavy atom. The molecule has 1 saturated heterocycles. The topological polar surface area (TPSA) is 74.8 Å². The minimum atomic E-state index is -3.74. The Balaban J connectivity index is 1.66. The molecule has 158 valence electrons. The zero-order valence-corrected chi connectivity index (χ0v) is 18.5. The van der Waals surface area contributed by atoms with Crippen LogP contribution >= 0.6 is 23.2 Å². The Kier molecular flexibility index (Phi) is 6.98. The number of carbonyl (C=O) groups is 2. The van der Waals surface area contributed by atoms with Crippen molar-refractivity contribution in [1.82, 2.24) is 9.21 Å². The highest BCUT2D eigenvalue weighted by Gasteiger charge is 2.29. The predicted octanol–water partition coefficient (Wildman–Crippen LogP) is 3.74. The molecule has 1 aliphatic heterocycles. The van der Waals surface area contributed by atoms with E-state index in [-0.39, 0.29) is 42.8 Å². The second-order valence-corrected chi connectivity index (χ2v) is 9.59. The van der Waals surface area contributed by atoms with Crippen LogP contribution in [-0.4, -0.2) is 55.5 Å². The van der Waals surface area contributed by atoms with Crippen LogP contribution in [0.25, 0.3) is 6.08 Å². The van der Waals surface area contributed by atoms with Gasteiger partial charge in [-0.15, -0.1) is 0 Å². The van der Waals surface area contributed by atoms with E-state index in [4.69, 9.17) is 23.2 Å². The number of rotatable bonds is 5. The molecule has 9 heteroatoms. The van der Waals surface area contributed by atoms with Crippen molar-refractivity contribution < 1.29 is 18.0 Å². The molecule has 2 aromatic rings. The first-order valence-corrected chi connectivity index (χ1v) is 11.4. The number of carbonyl (C=O) groups excluding carboxylic acids is 2. The highest BCUT2D eigenvalue weighted by atomic mass is 35.5. The zero-order chi connectivity index (χ0) is 21.9. The molecule has 1 heterocycles. The predicted molar refractivity (Wildman–Crippen MR) is 117 cm³/mol. The lowest BCUT2D eigenvalue weighted by atomic mass is 10.2. The van der Waals surface area contributed by atoms with Crippen LogP contribution in [0.15, 0.2) is 53.4 Å². The van der Waals surface area contributed by atoms with Crippen LogP contribution in [0, 0.1) is 0 Å². The average molecular weight is 467 g/mol. The summed E-state index contributed by atoms with van der Waals surface area (Å²) < 4.78 is 27.1.